The minimum Gasteiger partial charge on any atom is -0.348 e. The topological polar surface area (TPSA) is 30.5 Å². The molecule has 0 aliphatic carbocycles. The molecule has 0 aromatic heterocycles. The Morgan fingerprint density at radius 2 is 1.70 bits per heavy atom. The van der Waals surface area contributed by atoms with Gasteiger partial charge in [0.05, 0.1) is 12.7 Å². The molecule has 0 saturated carbocycles. The van der Waals surface area contributed by atoms with Crippen molar-refractivity contribution in [1.29, 1.82) is 0 Å². The van der Waals surface area contributed by atoms with E-state index in [1.54, 1.807) is 0 Å². The van der Waals surface area contributed by atoms with Crippen LogP contribution >= 0.6 is 0 Å². The summed E-state index contributed by atoms with van der Waals surface area (Å²) >= 11 is 0. The average molecular weight is 311 g/mol. The van der Waals surface area contributed by atoms with Crippen LogP contribution in [0.2, 0.25) is 0 Å². The lowest BCUT2D eigenvalue weighted by atomic mass is 9.93. The van der Waals surface area contributed by atoms with Crippen LogP contribution in [0.4, 0.5) is 0 Å². The molecule has 122 valence electrons. The van der Waals surface area contributed by atoms with E-state index in [-0.39, 0.29) is 12.0 Å². The second-order valence-corrected chi connectivity index (χ2v) is 6.50. The van der Waals surface area contributed by atoms with E-state index in [0.29, 0.717) is 6.61 Å². The van der Waals surface area contributed by atoms with Crippen molar-refractivity contribution >= 4 is 0 Å². The Balaban J connectivity index is 1.66. The maximum absolute atomic E-state index is 6.11. The first-order valence-electron chi connectivity index (χ1n) is 8.25. The van der Waals surface area contributed by atoms with Crippen LogP contribution < -0.4 is 5.32 Å². The van der Waals surface area contributed by atoms with E-state index in [2.05, 4.69) is 53.8 Å². The summed E-state index contributed by atoms with van der Waals surface area (Å²) in [4.78, 5) is 0. The molecule has 1 saturated heterocycles. The van der Waals surface area contributed by atoms with E-state index in [0.717, 1.165) is 13.1 Å². The lowest BCUT2D eigenvalue weighted by Crippen LogP contribution is -2.32. The zero-order valence-electron chi connectivity index (χ0n) is 13.9. The van der Waals surface area contributed by atoms with Crippen molar-refractivity contribution in [3.63, 3.8) is 0 Å². The van der Waals surface area contributed by atoms with Crippen molar-refractivity contribution in [3.8, 4) is 0 Å². The van der Waals surface area contributed by atoms with Crippen LogP contribution in [0.15, 0.2) is 60.7 Å². The van der Waals surface area contributed by atoms with Crippen LogP contribution in [0.1, 0.15) is 30.9 Å². The van der Waals surface area contributed by atoms with E-state index in [1.165, 1.54) is 11.1 Å². The zero-order valence-corrected chi connectivity index (χ0v) is 13.9. The van der Waals surface area contributed by atoms with Gasteiger partial charge in [0, 0.05) is 19.0 Å². The molecular weight excluding hydrogens is 286 g/mol. The van der Waals surface area contributed by atoms with Crippen LogP contribution in [-0.2, 0) is 16.0 Å². The van der Waals surface area contributed by atoms with Crippen LogP contribution in [0, 0.1) is 0 Å². The van der Waals surface area contributed by atoms with Crippen LogP contribution in [0.3, 0.4) is 0 Å². The van der Waals surface area contributed by atoms with Crippen LogP contribution in [-0.4, -0.2) is 25.0 Å². The first kappa shape index (κ1) is 16.2. The molecule has 2 aromatic carbocycles. The van der Waals surface area contributed by atoms with Gasteiger partial charge in [0.2, 0.25) is 0 Å². The highest BCUT2D eigenvalue weighted by Crippen LogP contribution is 2.31. The summed E-state index contributed by atoms with van der Waals surface area (Å²) in [6, 6.07) is 21.0. The third-order valence-electron chi connectivity index (χ3n) is 4.24. The predicted molar refractivity (Wildman–Crippen MR) is 92.2 cm³/mol. The second-order valence-electron chi connectivity index (χ2n) is 6.50. The molecule has 23 heavy (non-hydrogen) atoms. The molecule has 3 rings (SSSR count). The van der Waals surface area contributed by atoms with Gasteiger partial charge in [-0.15, -0.1) is 0 Å². The van der Waals surface area contributed by atoms with Gasteiger partial charge in [-0.3, -0.25) is 0 Å². The fraction of sp³-hybridized carbons (Fsp3) is 0.400. The standard InChI is InChI=1S/C20H25NO2/c1-20(2)22-15-19(23-20)18(17-11-7-4-8-12-17)14-21-13-16-9-5-3-6-10-16/h3-12,18-19,21H,13-15H2,1-2H3. The molecule has 0 amide bonds. The van der Waals surface area contributed by atoms with Gasteiger partial charge in [-0.25, -0.2) is 0 Å². The largest absolute Gasteiger partial charge is 0.348 e. The summed E-state index contributed by atoms with van der Waals surface area (Å²) in [5, 5.41) is 3.57. The normalized spacial score (nSPS) is 21.2. The van der Waals surface area contributed by atoms with Crippen LogP contribution in [0.25, 0.3) is 0 Å². The summed E-state index contributed by atoms with van der Waals surface area (Å²) in [6.45, 7) is 6.32. The third-order valence-corrected chi connectivity index (χ3v) is 4.24. The number of nitrogens with one attached hydrogen (secondary N) is 1. The fourth-order valence-corrected chi connectivity index (χ4v) is 3.05. The van der Waals surface area contributed by atoms with E-state index < -0.39 is 5.79 Å². The van der Waals surface area contributed by atoms with Gasteiger partial charge in [-0.2, -0.15) is 0 Å². The molecule has 3 heteroatoms. The van der Waals surface area contributed by atoms with Crippen molar-refractivity contribution in [1.82, 2.24) is 5.32 Å². The highest BCUT2D eigenvalue weighted by molar-refractivity contribution is 5.22. The van der Waals surface area contributed by atoms with Crippen molar-refractivity contribution in [2.24, 2.45) is 0 Å². The van der Waals surface area contributed by atoms with Crippen molar-refractivity contribution in [2.45, 2.75) is 38.2 Å². The molecule has 2 unspecified atom stereocenters. The maximum atomic E-state index is 6.11. The van der Waals surface area contributed by atoms with Gasteiger partial charge < -0.3 is 14.8 Å². The number of benzene rings is 2. The first-order chi connectivity index (χ1) is 11.1. The van der Waals surface area contributed by atoms with Gasteiger partial charge in [0.25, 0.3) is 0 Å². The molecule has 1 aliphatic heterocycles. The Hall–Kier alpha value is -1.68. The Morgan fingerprint density at radius 1 is 1.04 bits per heavy atom. The molecular formula is C20H25NO2. The average Bonchev–Trinajstić information content (AvgIpc) is 2.93. The molecule has 1 N–H and O–H groups in total. The highest BCUT2D eigenvalue weighted by atomic mass is 16.7. The van der Waals surface area contributed by atoms with E-state index in [1.807, 2.05) is 26.0 Å². The van der Waals surface area contributed by atoms with Crippen molar-refractivity contribution in [3.05, 3.63) is 71.8 Å². The number of ether oxygens (including phenoxy) is 2. The molecule has 0 radical (unpaired) electrons. The second kappa shape index (κ2) is 7.26. The summed E-state index contributed by atoms with van der Waals surface area (Å²) in [7, 11) is 0. The quantitative estimate of drug-likeness (QED) is 0.882. The Bertz CT molecular complexity index is 598. The van der Waals surface area contributed by atoms with E-state index >= 15 is 0 Å². The van der Waals surface area contributed by atoms with E-state index in [9.17, 15) is 0 Å². The third kappa shape index (κ3) is 4.41. The molecule has 3 nitrogen and oxygen atoms in total. The molecule has 2 atom stereocenters. The SMILES string of the molecule is CC1(C)OCC(C(CNCc2ccccc2)c2ccccc2)O1. The minimum atomic E-state index is -0.489. The number of hydrogen-bond acceptors (Lipinski definition) is 3. The number of hydrogen-bond donors (Lipinski definition) is 1. The molecule has 2 aromatic rings. The van der Waals surface area contributed by atoms with Crippen molar-refractivity contribution in [2.75, 3.05) is 13.2 Å². The molecule has 1 heterocycles. The Kier molecular flexibility index (Phi) is 5.11. The summed E-state index contributed by atoms with van der Waals surface area (Å²) in [5.74, 6) is -0.210. The van der Waals surface area contributed by atoms with Crippen molar-refractivity contribution < 1.29 is 9.47 Å². The van der Waals surface area contributed by atoms with Gasteiger partial charge in [0.15, 0.2) is 5.79 Å². The minimum absolute atomic E-state index is 0.0793. The van der Waals surface area contributed by atoms with Gasteiger partial charge in [-0.1, -0.05) is 60.7 Å². The van der Waals surface area contributed by atoms with Crippen LogP contribution in [0.5, 0.6) is 0 Å². The summed E-state index contributed by atoms with van der Waals surface area (Å²) < 4.78 is 11.9. The fourth-order valence-electron chi connectivity index (χ4n) is 3.05. The summed E-state index contributed by atoms with van der Waals surface area (Å²) in [6.07, 6.45) is 0.0793. The first-order valence-corrected chi connectivity index (χ1v) is 8.25. The monoisotopic (exact) mass is 311 g/mol. The maximum Gasteiger partial charge on any atom is 0.163 e. The molecule has 1 fully saturated rings. The number of rotatable bonds is 6. The van der Waals surface area contributed by atoms with Gasteiger partial charge in [-0.05, 0) is 25.0 Å². The lowest BCUT2D eigenvalue weighted by molar-refractivity contribution is -0.140. The lowest BCUT2D eigenvalue weighted by Gasteiger charge is -2.25. The van der Waals surface area contributed by atoms with Gasteiger partial charge >= 0.3 is 0 Å². The zero-order chi connectivity index (χ0) is 16.1. The Labute approximate surface area is 138 Å². The van der Waals surface area contributed by atoms with E-state index in [4.69, 9.17) is 9.47 Å². The summed E-state index contributed by atoms with van der Waals surface area (Å²) in [5.41, 5.74) is 2.59. The smallest absolute Gasteiger partial charge is 0.163 e. The predicted octanol–water partition coefficient (Wildman–Crippen LogP) is 3.71. The highest BCUT2D eigenvalue weighted by Gasteiger charge is 2.37. The molecule has 0 bridgehead atoms. The van der Waals surface area contributed by atoms with Gasteiger partial charge in [0.1, 0.15) is 0 Å². The molecule has 1 aliphatic rings. The Morgan fingerprint density at radius 3 is 2.30 bits per heavy atom. The molecule has 0 spiro atoms.